The average Bonchev–Trinajstić information content (AvgIpc) is 3.74. The molecule has 0 aliphatic carbocycles. The summed E-state index contributed by atoms with van der Waals surface area (Å²) in [4.78, 5) is 47.0. The van der Waals surface area contributed by atoms with Gasteiger partial charge < -0.3 is 28.9 Å². The van der Waals surface area contributed by atoms with Crippen molar-refractivity contribution in [3.8, 4) is 0 Å². The van der Waals surface area contributed by atoms with Gasteiger partial charge in [0.25, 0.3) is 0 Å². The maximum atomic E-state index is 12.4. The maximum absolute atomic E-state index is 12.4. The predicted molar refractivity (Wildman–Crippen MR) is 149 cm³/mol. The number of aliphatic carboxylic acids is 2. The molecule has 4 fully saturated rings. The summed E-state index contributed by atoms with van der Waals surface area (Å²) in [6.45, 7) is 6.10. The third-order valence-corrected chi connectivity index (χ3v) is 10.7. The number of hydrogen-bond donors (Lipinski definition) is 2. The molecule has 0 aromatic rings. The molecule has 0 saturated carbocycles. The van der Waals surface area contributed by atoms with Gasteiger partial charge in [-0.3, -0.25) is 41.8 Å². The summed E-state index contributed by atoms with van der Waals surface area (Å²) in [5, 5.41) is 18.5. The largest absolute Gasteiger partial charge is 0.481 e. The van der Waals surface area contributed by atoms with Gasteiger partial charge >= 0.3 is 33.3 Å². The first kappa shape index (κ1) is 36.7. The van der Waals surface area contributed by atoms with E-state index in [0.29, 0.717) is 25.7 Å². The molecule has 0 radical (unpaired) electrons. The number of phosphoric ester groups is 1. The van der Waals surface area contributed by atoms with Gasteiger partial charge in [-0.05, 0) is 46.5 Å². The number of ether oxygens (including phenoxy) is 3. The van der Waals surface area contributed by atoms with Crippen LogP contribution in [0.4, 0.5) is 0 Å². The molecule has 4 bridgehead atoms. The Kier molecular flexibility index (Phi) is 13.5. The van der Waals surface area contributed by atoms with Crippen molar-refractivity contribution in [2.45, 2.75) is 77.3 Å². The minimum absolute atomic E-state index is 0.0504. The molecule has 0 spiro atoms. The molecular formula is C26H42O16P2. The minimum atomic E-state index is -3.65. The van der Waals surface area contributed by atoms with Gasteiger partial charge in [0.2, 0.25) is 6.79 Å². The Morgan fingerprint density at radius 3 is 1.61 bits per heavy atom. The van der Waals surface area contributed by atoms with Gasteiger partial charge in [0.15, 0.2) is 0 Å². The van der Waals surface area contributed by atoms with Crippen LogP contribution < -0.4 is 0 Å². The molecule has 4 rings (SSSR count). The zero-order valence-electron chi connectivity index (χ0n) is 25.2. The van der Waals surface area contributed by atoms with Gasteiger partial charge in [0.1, 0.15) is 5.78 Å². The molecule has 4 heterocycles. The topological polar surface area (TPSA) is 217 Å². The van der Waals surface area contributed by atoms with Crippen molar-refractivity contribution in [1.29, 1.82) is 0 Å². The zero-order valence-corrected chi connectivity index (χ0v) is 27.0. The summed E-state index contributed by atoms with van der Waals surface area (Å²) in [6.07, 6.45) is 1.01. The Hall–Kier alpha value is -1.74. The smallest absolute Gasteiger partial charge is 0.474 e. The first-order chi connectivity index (χ1) is 20.8. The molecule has 2 N–H and O–H groups in total. The van der Waals surface area contributed by atoms with Crippen molar-refractivity contribution >= 4 is 39.1 Å². The van der Waals surface area contributed by atoms with E-state index >= 15 is 0 Å². The van der Waals surface area contributed by atoms with Crippen LogP contribution in [0.3, 0.4) is 0 Å². The van der Waals surface area contributed by atoms with Crippen LogP contribution in [0.5, 0.6) is 0 Å². The molecule has 44 heavy (non-hydrogen) atoms. The van der Waals surface area contributed by atoms with Crippen LogP contribution >= 0.6 is 15.4 Å². The van der Waals surface area contributed by atoms with Gasteiger partial charge in [-0.15, -0.1) is 0 Å². The highest BCUT2D eigenvalue weighted by Crippen LogP contribution is 2.50. The van der Waals surface area contributed by atoms with E-state index in [2.05, 4.69) is 0 Å². The fraction of sp³-hybridized carbons (Fsp3) is 0.846. The van der Waals surface area contributed by atoms with Gasteiger partial charge in [-0.2, -0.15) is 0 Å². The van der Waals surface area contributed by atoms with Crippen LogP contribution in [0.2, 0.25) is 0 Å². The zero-order chi connectivity index (χ0) is 32.7. The SMILES string of the molecule is CCOP(=O)(OCC)OCCC(=O)C1C2CCC(O2)C1C(=O)O.CCOP(C)(=O)OCOC(=O)C1C2CCC(O2)C1C(=O)O. The highest BCUT2D eigenvalue weighted by Gasteiger charge is 2.57. The van der Waals surface area contributed by atoms with E-state index in [1.807, 2.05) is 0 Å². The number of ketones is 1. The number of carbonyl (C=O) groups excluding carboxylic acids is 2. The summed E-state index contributed by atoms with van der Waals surface area (Å²) in [6, 6.07) is 0. The summed E-state index contributed by atoms with van der Waals surface area (Å²) < 4.78 is 64.5. The lowest BCUT2D eigenvalue weighted by molar-refractivity contribution is -0.163. The van der Waals surface area contributed by atoms with Crippen molar-refractivity contribution in [1.82, 2.24) is 0 Å². The van der Waals surface area contributed by atoms with Crippen LogP contribution in [0.15, 0.2) is 0 Å². The molecule has 16 nitrogen and oxygen atoms in total. The number of phosphoric acid groups is 1. The Morgan fingerprint density at radius 1 is 0.682 bits per heavy atom. The molecule has 0 amide bonds. The number of carboxylic acids is 2. The molecule has 4 aliphatic rings. The van der Waals surface area contributed by atoms with Crippen LogP contribution in [0.1, 0.15) is 52.9 Å². The van der Waals surface area contributed by atoms with E-state index in [1.165, 1.54) is 6.66 Å². The second-order valence-corrected chi connectivity index (χ2v) is 14.3. The summed E-state index contributed by atoms with van der Waals surface area (Å²) in [5.41, 5.74) is 0. The maximum Gasteiger partial charge on any atom is 0.474 e. The second kappa shape index (κ2) is 16.2. The lowest BCUT2D eigenvalue weighted by Crippen LogP contribution is -2.39. The Morgan fingerprint density at radius 2 is 1.14 bits per heavy atom. The van der Waals surface area contributed by atoms with E-state index in [9.17, 15) is 38.5 Å². The van der Waals surface area contributed by atoms with Gasteiger partial charge in [-0.1, -0.05) is 0 Å². The normalized spacial score (nSPS) is 31.6. The number of carbonyl (C=O) groups is 4. The van der Waals surface area contributed by atoms with E-state index in [0.717, 1.165) is 0 Å². The predicted octanol–water partition coefficient (Wildman–Crippen LogP) is 3.26. The molecule has 252 valence electrons. The minimum Gasteiger partial charge on any atom is -0.481 e. The third kappa shape index (κ3) is 9.17. The van der Waals surface area contributed by atoms with Crippen molar-refractivity contribution in [2.75, 3.05) is 39.9 Å². The van der Waals surface area contributed by atoms with E-state index < -0.39 is 76.0 Å². The van der Waals surface area contributed by atoms with Gasteiger partial charge in [0, 0.05) is 13.1 Å². The van der Waals surface area contributed by atoms with Gasteiger partial charge in [-0.25, -0.2) is 4.57 Å². The number of carboxylic acid groups (broad SMARTS) is 2. The number of hydrogen-bond acceptors (Lipinski definition) is 14. The molecule has 9 atom stereocenters. The standard InChI is InChI=1S/C14H23O8P.C12H19O8P/c1-3-19-23(18,20-4-2)21-8-7-9(15)12-10-5-6-11(22-10)13(12)14(16)17;1-3-18-21(2,16)19-6-17-12(15)10-8-5-4-7(20-8)9(10)11(13)14/h10-13H,3-8H2,1-2H3,(H,16,17);7-10H,3-6H2,1-2H3,(H,13,14). The first-order valence-corrected chi connectivity index (χ1v) is 18.1. The van der Waals surface area contributed by atoms with Gasteiger partial charge in [0.05, 0.1) is 74.5 Å². The number of esters is 1. The average molecular weight is 673 g/mol. The van der Waals surface area contributed by atoms with E-state index in [1.54, 1.807) is 20.8 Å². The quantitative estimate of drug-likeness (QED) is 0.129. The highest BCUT2D eigenvalue weighted by molar-refractivity contribution is 7.52. The van der Waals surface area contributed by atoms with E-state index in [4.69, 9.17) is 36.8 Å². The lowest BCUT2D eigenvalue weighted by Gasteiger charge is -2.23. The number of rotatable bonds is 17. The Balaban J connectivity index is 0.000000241. The summed E-state index contributed by atoms with van der Waals surface area (Å²) >= 11 is 0. The molecule has 4 aliphatic heterocycles. The van der Waals surface area contributed by atoms with Crippen molar-refractivity contribution in [3.05, 3.63) is 0 Å². The first-order valence-electron chi connectivity index (χ1n) is 14.6. The fourth-order valence-corrected chi connectivity index (χ4v) is 8.05. The summed E-state index contributed by atoms with van der Waals surface area (Å²) in [7, 11) is -6.91. The molecular weight excluding hydrogens is 630 g/mol. The van der Waals surface area contributed by atoms with Crippen LogP contribution in [-0.2, 0) is 65.1 Å². The lowest BCUT2D eigenvalue weighted by atomic mass is 9.76. The molecule has 9 unspecified atom stereocenters. The van der Waals surface area contributed by atoms with Crippen LogP contribution in [0, 0.1) is 23.7 Å². The second-order valence-electron chi connectivity index (χ2n) is 10.6. The van der Waals surface area contributed by atoms with Crippen molar-refractivity contribution in [3.63, 3.8) is 0 Å². The highest BCUT2D eigenvalue weighted by atomic mass is 31.2. The Bertz CT molecular complexity index is 1120. The monoisotopic (exact) mass is 672 g/mol. The van der Waals surface area contributed by atoms with Crippen LogP contribution in [-0.4, -0.2) is 98.2 Å². The number of fused-ring (bicyclic) bond motifs is 4. The molecule has 0 aromatic carbocycles. The van der Waals surface area contributed by atoms with Crippen molar-refractivity contribution < 1.29 is 75.4 Å². The molecule has 18 heteroatoms. The molecule has 4 saturated heterocycles. The summed E-state index contributed by atoms with van der Waals surface area (Å²) in [5.74, 6) is -6.22. The van der Waals surface area contributed by atoms with E-state index in [-0.39, 0.29) is 50.8 Å². The number of Topliss-reactive ketones (excluding diaryl/α,β-unsaturated/α-hetero) is 1. The van der Waals surface area contributed by atoms with Crippen molar-refractivity contribution in [2.24, 2.45) is 23.7 Å². The van der Waals surface area contributed by atoms with Crippen LogP contribution in [0.25, 0.3) is 0 Å². The Labute approximate surface area is 255 Å². The third-order valence-electron chi connectivity index (χ3n) is 7.79. The fourth-order valence-electron chi connectivity index (χ4n) is 6.09. The molecule has 0 aromatic heterocycles.